The van der Waals surface area contributed by atoms with Crippen molar-refractivity contribution in [2.24, 2.45) is 0 Å². The molecule has 114 valence electrons. The van der Waals surface area contributed by atoms with Crippen molar-refractivity contribution in [2.45, 2.75) is 12.6 Å². The Morgan fingerprint density at radius 3 is 2.18 bits per heavy atom. The molecule has 0 fully saturated rings. The maximum absolute atomic E-state index is 11.9. The molecule has 5 heteroatoms. The minimum atomic E-state index is -0.783. The fourth-order valence-electron chi connectivity index (χ4n) is 1.97. The molecule has 0 aliphatic rings. The molecular formula is C17H18N2O3. The van der Waals surface area contributed by atoms with Crippen molar-refractivity contribution < 1.29 is 14.3 Å². The SMILES string of the molecule is CNC(=O)C(NC(=O)OCc1ccccc1)c1ccccc1. The van der Waals surface area contributed by atoms with Crippen LogP contribution < -0.4 is 10.6 Å². The second-order valence-electron chi connectivity index (χ2n) is 4.66. The van der Waals surface area contributed by atoms with Crippen LogP contribution in [0.1, 0.15) is 17.2 Å². The summed E-state index contributed by atoms with van der Waals surface area (Å²) in [7, 11) is 1.52. The van der Waals surface area contributed by atoms with Gasteiger partial charge in [0.15, 0.2) is 0 Å². The molecule has 2 rings (SSSR count). The molecular weight excluding hydrogens is 280 g/mol. The number of hydrogen-bond donors (Lipinski definition) is 2. The predicted octanol–water partition coefficient (Wildman–Crippen LogP) is 2.40. The van der Waals surface area contributed by atoms with Crippen LogP contribution in [-0.2, 0) is 16.1 Å². The number of rotatable bonds is 5. The molecule has 0 radical (unpaired) electrons. The van der Waals surface area contributed by atoms with Gasteiger partial charge in [0.05, 0.1) is 0 Å². The molecule has 0 aliphatic carbocycles. The molecule has 0 bridgehead atoms. The third-order valence-corrected chi connectivity index (χ3v) is 3.12. The third kappa shape index (κ3) is 4.34. The Bertz CT molecular complexity index is 614. The second-order valence-corrected chi connectivity index (χ2v) is 4.66. The van der Waals surface area contributed by atoms with Crippen LogP contribution in [0, 0.1) is 0 Å². The number of carbonyl (C=O) groups is 2. The van der Waals surface area contributed by atoms with Crippen LogP contribution >= 0.6 is 0 Å². The van der Waals surface area contributed by atoms with E-state index < -0.39 is 12.1 Å². The van der Waals surface area contributed by atoms with Gasteiger partial charge in [-0.2, -0.15) is 0 Å². The normalized spacial score (nSPS) is 11.3. The standard InChI is InChI=1S/C17H18N2O3/c1-18-16(20)15(14-10-6-3-7-11-14)19-17(21)22-12-13-8-4-2-5-9-13/h2-11,15H,12H2,1H3,(H,18,20)(H,19,21). The molecule has 0 saturated heterocycles. The second kappa shape index (κ2) is 7.83. The first-order valence-corrected chi connectivity index (χ1v) is 6.94. The first kappa shape index (κ1) is 15.6. The van der Waals surface area contributed by atoms with E-state index in [0.717, 1.165) is 5.56 Å². The van der Waals surface area contributed by atoms with Gasteiger partial charge in [-0.15, -0.1) is 0 Å². The van der Waals surface area contributed by atoms with Crippen LogP contribution in [0.2, 0.25) is 0 Å². The summed E-state index contributed by atoms with van der Waals surface area (Å²) in [5.41, 5.74) is 1.58. The van der Waals surface area contributed by atoms with Crippen molar-refractivity contribution in [3.05, 3.63) is 71.8 Å². The zero-order chi connectivity index (χ0) is 15.8. The summed E-state index contributed by atoms with van der Waals surface area (Å²) in [6.45, 7) is 0.155. The molecule has 22 heavy (non-hydrogen) atoms. The van der Waals surface area contributed by atoms with Crippen molar-refractivity contribution in [1.29, 1.82) is 0 Å². The molecule has 1 atom stereocenters. The van der Waals surface area contributed by atoms with E-state index in [4.69, 9.17) is 4.74 Å². The number of alkyl carbamates (subject to hydrolysis) is 1. The Morgan fingerprint density at radius 1 is 1.00 bits per heavy atom. The Balaban J connectivity index is 1.98. The number of nitrogens with one attached hydrogen (secondary N) is 2. The van der Waals surface area contributed by atoms with Crippen molar-refractivity contribution in [1.82, 2.24) is 10.6 Å². The molecule has 5 nitrogen and oxygen atoms in total. The lowest BCUT2D eigenvalue weighted by atomic mass is 10.1. The molecule has 0 aliphatic heterocycles. The lowest BCUT2D eigenvalue weighted by molar-refractivity contribution is -0.122. The highest BCUT2D eigenvalue weighted by atomic mass is 16.5. The number of hydrogen-bond acceptors (Lipinski definition) is 3. The van der Waals surface area contributed by atoms with Crippen LogP contribution in [0.15, 0.2) is 60.7 Å². The Hall–Kier alpha value is -2.82. The summed E-state index contributed by atoms with van der Waals surface area (Å²) in [5.74, 6) is -0.303. The molecule has 1 unspecified atom stereocenters. The van der Waals surface area contributed by atoms with Crippen molar-refractivity contribution in [2.75, 3.05) is 7.05 Å². The van der Waals surface area contributed by atoms with Crippen LogP contribution in [0.3, 0.4) is 0 Å². The van der Waals surface area contributed by atoms with E-state index in [2.05, 4.69) is 10.6 Å². The number of benzene rings is 2. The Labute approximate surface area is 129 Å². The van der Waals surface area contributed by atoms with Gasteiger partial charge in [0.2, 0.25) is 5.91 Å². The molecule has 2 aromatic rings. The molecule has 2 N–H and O–H groups in total. The molecule has 0 spiro atoms. The highest BCUT2D eigenvalue weighted by Gasteiger charge is 2.22. The number of amides is 2. The van der Waals surface area contributed by atoms with Crippen LogP contribution in [0.5, 0.6) is 0 Å². The predicted molar refractivity (Wildman–Crippen MR) is 83.0 cm³/mol. The van der Waals surface area contributed by atoms with Gasteiger partial charge in [0.1, 0.15) is 12.6 Å². The van der Waals surface area contributed by atoms with Gasteiger partial charge in [-0.25, -0.2) is 4.79 Å². The molecule has 0 aromatic heterocycles. The molecule has 2 amide bonds. The zero-order valence-electron chi connectivity index (χ0n) is 12.3. The first-order chi connectivity index (χ1) is 10.7. The highest BCUT2D eigenvalue weighted by molar-refractivity contribution is 5.86. The van der Waals surface area contributed by atoms with Crippen molar-refractivity contribution >= 4 is 12.0 Å². The fourth-order valence-corrected chi connectivity index (χ4v) is 1.97. The van der Waals surface area contributed by atoms with Gasteiger partial charge in [0.25, 0.3) is 0 Å². The monoisotopic (exact) mass is 298 g/mol. The number of carbonyl (C=O) groups excluding carboxylic acids is 2. The van der Waals surface area contributed by atoms with E-state index in [-0.39, 0.29) is 12.5 Å². The molecule has 0 heterocycles. The van der Waals surface area contributed by atoms with Gasteiger partial charge in [-0.3, -0.25) is 4.79 Å². The van der Waals surface area contributed by atoms with E-state index in [1.807, 2.05) is 48.5 Å². The van der Waals surface area contributed by atoms with Gasteiger partial charge in [0, 0.05) is 7.05 Å². The van der Waals surface area contributed by atoms with Gasteiger partial charge in [-0.1, -0.05) is 60.7 Å². The number of likely N-dealkylation sites (N-methyl/N-ethyl adjacent to an activating group) is 1. The fraction of sp³-hybridized carbons (Fsp3) is 0.176. The first-order valence-electron chi connectivity index (χ1n) is 6.94. The summed E-state index contributed by atoms with van der Waals surface area (Å²) < 4.78 is 5.14. The van der Waals surface area contributed by atoms with E-state index in [9.17, 15) is 9.59 Å². The van der Waals surface area contributed by atoms with Gasteiger partial charge < -0.3 is 15.4 Å². The van der Waals surface area contributed by atoms with E-state index in [1.54, 1.807) is 12.1 Å². The lowest BCUT2D eigenvalue weighted by Crippen LogP contribution is -2.39. The summed E-state index contributed by atoms with van der Waals surface area (Å²) >= 11 is 0. The van der Waals surface area contributed by atoms with Crippen molar-refractivity contribution in [3.8, 4) is 0 Å². The van der Waals surface area contributed by atoms with Crippen LogP contribution in [0.25, 0.3) is 0 Å². The highest BCUT2D eigenvalue weighted by Crippen LogP contribution is 2.13. The summed E-state index contributed by atoms with van der Waals surface area (Å²) in [5, 5.41) is 5.11. The molecule has 0 saturated carbocycles. The van der Waals surface area contributed by atoms with Gasteiger partial charge >= 0.3 is 6.09 Å². The minimum absolute atomic E-state index is 0.155. The zero-order valence-corrected chi connectivity index (χ0v) is 12.3. The third-order valence-electron chi connectivity index (χ3n) is 3.12. The van der Waals surface area contributed by atoms with Gasteiger partial charge in [-0.05, 0) is 11.1 Å². The average Bonchev–Trinajstić information content (AvgIpc) is 2.59. The Kier molecular flexibility index (Phi) is 5.54. The average molecular weight is 298 g/mol. The topological polar surface area (TPSA) is 67.4 Å². The van der Waals surface area contributed by atoms with Crippen LogP contribution in [-0.4, -0.2) is 19.0 Å². The summed E-state index contributed by atoms with van der Waals surface area (Å²) in [6.07, 6.45) is -0.638. The smallest absolute Gasteiger partial charge is 0.408 e. The summed E-state index contributed by atoms with van der Waals surface area (Å²) in [4.78, 5) is 23.8. The van der Waals surface area contributed by atoms with E-state index >= 15 is 0 Å². The summed E-state index contributed by atoms with van der Waals surface area (Å²) in [6, 6.07) is 17.6. The maximum atomic E-state index is 11.9. The van der Waals surface area contributed by atoms with Crippen LogP contribution in [0.4, 0.5) is 4.79 Å². The minimum Gasteiger partial charge on any atom is -0.445 e. The van der Waals surface area contributed by atoms with E-state index in [1.165, 1.54) is 7.05 Å². The lowest BCUT2D eigenvalue weighted by Gasteiger charge is -2.17. The maximum Gasteiger partial charge on any atom is 0.408 e. The van der Waals surface area contributed by atoms with E-state index in [0.29, 0.717) is 5.56 Å². The van der Waals surface area contributed by atoms with Crippen molar-refractivity contribution in [3.63, 3.8) is 0 Å². The quantitative estimate of drug-likeness (QED) is 0.890. The number of ether oxygens (including phenoxy) is 1. The molecule has 2 aromatic carbocycles. The Morgan fingerprint density at radius 2 is 1.59 bits per heavy atom. The largest absolute Gasteiger partial charge is 0.445 e.